The number of anilines is 2. The molecule has 1 aliphatic rings. The fourth-order valence-corrected chi connectivity index (χ4v) is 2.38. The first-order valence-electron chi connectivity index (χ1n) is 6.60. The molecular formula is C12H20N4O2S. The van der Waals surface area contributed by atoms with Crippen LogP contribution in [0.25, 0.3) is 0 Å². The van der Waals surface area contributed by atoms with E-state index in [0.29, 0.717) is 24.0 Å². The lowest BCUT2D eigenvalue weighted by Gasteiger charge is -2.07. The Labute approximate surface area is 116 Å². The van der Waals surface area contributed by atoms with Crippen LogP contribution in [0.1, 0.15) is 36.5 Å². The fraction of sp³-hybridized carbons (Fsp3) is 0.667. The number of hydrogen-bond acceptors (Lipinski definition) is 6. The van der Waals surface area contributed by atoms with E-state index < -0.39 is 0 Å². The minimum absolute atomic E-state index is 0.124. The summed E-state index contributed by atoms with van der Waals surface area (Å²) in [7, 11) is 0. The van der Waals surface area contributed by atoms with E-state index in [1.807, 2.05) is 6.92 Å². The molecule has 106 valence electrons. The Hall–Kier alpha value is -1.34. The maximum Gasteiger partial charge on any atom is 0.258 e. The quantitative estimate of drug-likeness (QED) is 0.629. The predicted molar refractivity (Wildman–Crippen MR) is 76.6 cm³/mol. The normalized spacial score (nSPS) is 14.4. The van der Waals surface area contributed by atoms with Crippen LogP contribution in [0.3, 0.4) is 0 Å². The number of hydrogen-bond donors (Lipinski definition) is 3. The summed E-state index contributed by atoms with van der Waals surface area (Å²) in [4.78, 5) is 12.0. The van der Waals surface area contributed by atoms with Crippen molar-refractivity contribution < 1.29 is 9.53 Å². The van der Waals surface area contributed by atoms with Crippen molar-refractivity contribution in [3.8, 4) is 0 Å². The van der Waals surface area contributed by atoms with Gasteiger partial charge in [0.1, 0.15) is 10.6 Å². The van der Waals surface area contributed by atoms with Crippen LogP contribution in [0.2, 0.25) is 0 Å². The molecule has 1 heterocycles. The van der Waals surface area contributed by atoms with E-state index in [1.54, 1.807) is 0 Å². The van der Waals surface area contributed by atoms with Crippen molar-refractivity contribution in [2.45, 2.75) is 32.2 Å². The van der Waals surface area contributed by atoms with E-state index in [1.165, 1.54) is 11.5 Å². The Kier molecular flexibility index (Phi) is 4.98. The number of nitrogens with one attached hydrogen (secondary N) is 2. The van der Waals surface area contributed by atoms with Gasteiger partial charge in [0, 0.05) is 25.8 Å². The number of nitrogens with zero attached hydrogens (tertiary/aromatic N) is 1. The molecule has 1 aromatic rings. The molecule has 0 spiro atoms. The van der Waals surface area contributed by atoms with Crippen molar-refractivity contribution in [1.29, 1.82) is 0 Å². The molecule has 7 heteroatoms. The number of carbonyl (C=O) groups excluding carboxylic acids is 1. The molecule has 0 aromatic carbocycles. The van der Waals surface area contributed by atoms with Crippen LogP contribution in [0.4, 0.5) is 10.8 Å². The lowest BCUT2D eigenvalue weighted by atomic mass is 10.3. The number of nitrogens with two attached hydrogens (primary N) is 1. The molecule has 1 saturated carbocycles. The third-order valence-corrected chi connectivity index (χ3v) is 3.63. The van der Waals surface area contributed by atoms with Gasteiger partial charge in [-0.05, 0) is 37.7 Å². The lowest BCUT2D eigenvalue weighted by Crippen LogP contribution is -2.26. The summed E-state index contributed by atoms with van der Waals surface area (Å²) in [6.07, 6.45) is 3.00. The molecule has 19 heavy (non-hydrogen) atoms. The molecule has 0 aliphatic heterocycles. The van der Waals surface area contributed by atoms with Crippen molar-refractivity contribution in [1.82, 2.24) is 9.69 Å². The summed E-state index contributed by atoms with van der Waals surface area (Å²) < 4.78 is 9.30. The topological polar surface area (TPSA) is 89.3 Å². The molecule has 1 aromatic heterocycles. The van der Waals surface area contributed by atoms with Gasteiger partial charge in [-0.15, -0.1) is 0 Å². The van der Waals surface area contributed by atoms with Crippen LogP contribution in [-0.2, 0) is 4.74 Å². The molecule has 4 N–H and O–H groups in total. The molecule has 2 rings (SSSR count). The largest absolute Gasteiger partial charge is 0.382 e. The van der Waals surface area contributed by atoms with Crippen molar-refractivity contribution in [2.24, 2.45) is 0 Å². The van der Waals surface area contributed by atoms with Gasteiger partial charge >= 0.3 is 0 Å². The van der Waals surface area contributed by atoms with Crippen molar-refractivity contribution in [3.63, 3.8) is 0 Å². The zero-order valence-electron chi connectivity index (χ0n) is 11.1. The SMILES string of the molecule is CCOCCCNc1snc(N)c1C(=O)NC1CC1. The number of nitrogen functional groups attached to an aromatic ring is 1. The van der Waals surface area contributed by atoms with E-state index in [9.17, 15) is 4.79 Å². The summed E-state index contributed by atoms with van der Waals surface area (Å²) in [5.74, 6) is 0.177. The molecule has 6 nitrogen and oxygen atoms in total. The molecule has 0 atom stereocenters. The molecule has 0 bridgehead atoms. The Morgan fingerprint density at radius 1 is 1.58 bits per heavy atom. The van der Waals surface area contributed by atoms with Gasteiger partial charge in [-0.3, -0.25) is 4.79 Å². The third kappa shape index (κ3) is 4.07. The van der Waals surface area contributed by atoms with Crippen molar-refractivity contribution in [3.05, 3.63) is 5.56 Å². The second-order valence-electron chi connectivity index (χ2n) is 4.50. The van der Waals surface area contributed by atoms with E-state index in [2.05, 4.69) is 15.0 Å². The number of aromatic nitrogens is 1. The highest BCUT2D eigenvalue weighted by Gasteiger charge is 2.27. The van der Waals surface area contributed by atoms with Gasteiger partial charge in [-0.1, -0.05) is 0 Å². The summed E-state index contributed by atoms with van der Waals surface area (Å²) in [5, 5.41) is 6.88. The van der Waals surface area contributed by atoms with Crippen LogP contribution < -0.4 is 16.4 Å². The number of rotatable bonds is 8. The highest BCUT2D eigenvalue weighted by molar-refractivity contribution is 7.11. The summed E-state index contributed by atoms with van der Waals surface area (Å²) in [5.41, 5.74) is 6.24. The lowest BCUT2D eigenvalue weighted by molar-refractivity contribution is 0.0953. The van der Waals surface area contributed by atoms with Gasteiger partial charge in [0.15, 0.2) is 5.82 Å². The first-order chi connectivity index (χ1) is 9.22. The van der Waals surface area contributed by atoms with E-state index in [4.69, 9.17) is 10.5 Å². The maximum absolute atomic E-state index is 12.0. The van der Waals surface area contributed by atoms with Crippen LogP contribution >= 0.6 is 11.5 Å². The van der Waals surface area contributed by atoms with Crippen LogP contribution in [0, 0.1) is 0 Å². The molecule has 1 fully saturated rings. The van der Waals surface area contributed by atoms with Gasteiger partial charge in [-0.25, -0.2) is 0 Å². The Balaban J connectivity index is 1.87. The summed E-state index contributed by atoms with van der Waals surface area (Å²) >= 11 is 1.23. The molecule has 1 aliphatic carbocycles. The van der Waals surface area contributed by atoms with Crippen molar-refractivity contribution in [2.75, 3.05) is 30.8 Å². The Morgan fingerprint density at radius 3 is 3.05 bits per heavy atom. The van der Waals surface area contributed by atoms with Crippen LogP contribution in [-0.4, -0.2) is 36.1 Å². The molecular weight excluding hydrogens is 264 g/mol. The Morgan fingerprint density at radius 2 is 2.37 bits per heavy atom. The van der Waals surface area contributed by atoms with E-state index >= 15 is 0 Å². The number of amides is 1. The van der Waals surface area contributed by atoms with Crippen molar-refractivity contribution >= 4 is 28.3 Å². The second-order valence-corrected chi connectivity index (χ2v) is 5.27. The Bertz CT molecular complexity index is 431. The maximum atomic E-state index is 12.0. The monoisotopic (exact) mass is 284 g/mol. The van der Waals surface area contributed by atoms with Gasteiger partial charge in [0.2, 0.25) is 0 Å². The van der Waals surface area contributed by atoms with Gasteiger partial charge < -0.3 is 21.1 Å². The number of ether oxygens (including phenoxy) is 1. The average Bonchev–Trinajstić information content (AvgIpc) is 3.11. The average molecular weight is 284 g/mol. The number of carbonyl (C=O) groups is 1. The minimum atomic E-state index is -0.124. The van der Waals surface area contributed by atoms with Gasteiger partial charge in [0.05, 0.1) is 0 Å². The first-order valence-corrected chi connectivity index (χ1v) is 7.37. The fourth-order valence-electron chi connectivity index (χ4n) is 1.65. The van der Waals surface area contributed by atoms with E-state index in [0.717, 1.165) is 37.4 Å². The summed E-state index contributed by atoms with van der Waals surface area (Å²) in [6, 6.07) is 0.317. The summed E-state index contributed by atoms with van der Waals surface area (Å²) in [6.45, 7) is 4.15. The van der Waals surface area contributed by atoms with Gasteiger partial charge in [0.25, 0.3) is 5.91 Å². The smallest absolute Gasteiger partial charge is 0.258 e. The molecule has 0 saturated heterocycles. The molecule has 0 radical (unpaired) electrons. The first kappa shape index (κ1) is 14.1. The molecule has 1 amide bonds. The highest BCUT2D eigenvalue weighted by Crippen LogP contribution is 2.28. The predicted octanol–water partition coefficient (Wildman–Crippen LogP) is 1.46. The second kappa shape index (κ2) is 6.72. The zero-order valence-corrected chi connectivity index (χ0v) is 11.9. The van der Waals surface area contributed by atoms with Gasteiger partial charge in [-0.2, -0.15) is 4.37 Å². The van der Waals surface area contributed by atoms with Crippen LogP contribution in [0.15, 0.2) is 0 Å². The minimum Gasteiger partial charge on any atom is -0.382 e. The standard InChI is InChI=1S/C12H20N4O2S/c1-2-18-7-3-6-14-12-9(10(13)16-19-12)11(17)15-8-4-5-8/h8,14H,2-7H2,1H3,(H2,13,16)(H,15,17). The molecule has 0 unspecified atom stereocenters. The van der Waals surface area contributed by atoms with E-state index in [-0.39, 0.29) is 5.91 Å². The van der Waals surface area contributed by atoms with Crippen LogP contribution in [0.5, 0.6) is 0 Å². The third-order valence-electron chi connectivity index (χ3n) is 2.81. The highest BCUT2D eigenvalue weighted by atomic mass is 32.1. The zero-order chi connectivity index (χ0) is 13.7.